The molecule has 0 N–H and O–H groups in total. The van der Waals surface area contributed by atoms with Gasteiger partial charge < -0.3 is 0 Å². The van der Waals surface area contributed by atoms with Gasteiger partial charge in [-0.1, -0.05) is 63.0 Å². The van der Waals surface area contributed by atoms with Gasteiger partial charge in [-0.3, -0.25) is 4.79 Å². The number of rotatable bonds is 1. The van der Waals surface area contributed by atoms with Crippen LogP contribution in [0.25, 0.3) is 0 Å². The van der Waals surface area contributed by atoms with Crippen LogP contribution in [0.3, 0.4) is 0 Å². The predicted octanol–water partition coefficient (Wildman–Crippen LogP) is 5.02. The minimum Gasteiger partial charge on any atom is -0.299 e. The Morgan fingerprint density at radius 3 is 2.48 bits per heavy atom. The third-order valence-electron chi connectivity index (χ3n) is 6.14. The van der Waals surface area contributed by atoms with Crippen molar-refractivity contribution in [3.63, 3.8) is 0 Å². The molecule has 2 aliphatic rings. The summed E-state index contributed by atoms with van der Waals surface area (Å²) in [5, 5.41) is 0. The molecule has 1 aromatic rings. The van der Waals surface area contributed by atoms with E-state index in [9.17, 15) is 4.79 Å². The summed E-state index contributed by atoms with van der Waals surface area (Å²) in [4.78, 5) is 12.7. The van der Waals surface area contributed by atoms with Gasteiger partial charge >= 0.3 is 0 Å². The van der Waals surface area contributed by atoms with Crippen molar-refractivity contribution in [3.05, 3.63) is 48.0 Å². The van der Waals surface area contributed by atoms with Crippen LogP contribution in [0.15, 0.2) is 42.5 Å². The van der Waals surface area contributed by atoms with Crippen LogP contribution < -0.4 is 0 Å². The standard InChI is InChI=1S/C22H26O/c1-16(2)21(5)13-18-19(23)14-20(3,4)15-22(18,21)12-11-17-9-7-6-8-10-17/h6-10,18H,1,13-15H2,2-5H3/t18-,21+,22+/m0/s1. The van der Waals surface area contributed by atoms with Gasteiger partial charge in [0.25, 0.3) is 0 Å². The van der Waals surface area contributed by atoms with Gasteiger partial charge in [-0.2, -0.15) is 0 Å². The van der Waals surface area contributed by atoms with Crippen molar-refractivity contribution in [3.8, 4) is 11.8 Å². The summed E-state index contributed by atoms with van der Waals surface area (Å²) >= 11 is 0. The summed E-state index contributed by atoms with van der Waals surface area (Å²) in [6.45, 7) is 13.0. The fraction of sp³-hybridized carbons (Fsp3) is 0.500. The van der Waals surface area contributed by atoms with E-state index in [-0.39, 0.29) is 22.2 Å². The Labute approximate surface area is 140 Å². The van der Waals surface area contributed by atoms with Crippen molar-refractivity contribution < 1.29 is 4.79 Å². The number of carbonyl (C=O) groups excluding carboxylic acids is 1. The van der Waals surface area contributed by atoms with E-state index in [2.05, 4.69) is 46.1 Å². The third-order valence-corrected chi connectivity index (χ3v) is 6.14. The smallest absolute Gasteiger partial charge is 0.138 e. The third kappa shape index (κ3) is 2.36. The zero-order valence-electron chi connectivity index (χ0n) is 14.7. The molecule has 1 nitrogen and oxygen atoms in total. The second-order valence-electron chi connectivity index (χ2n) is 8.44. The number of allylic oxidation sites excluding steroid dienone is 1. The van der Waals surface area contributed by atoms with Crippen molar-refractivity contribution in [2.75, 3.05) is 0 Å². The summed E-state index contributed by atoms with van der Waals surface area (Å²) in [5.41, 5.74) is 1.87. The molecule has 0 spiro atoms. The fourth-order valence-corrected chi connectivity index (χ4v) is 4.67. The Hall–Kier alpha value is -1.81. The number of fused-ring (bicyclic) bond motifs is 1. The minimum absolute atomic E-state index is 0.0100. The lowest BCUT2D eigenvalue weighted by atomic mass is 9.36. The number of Topliss-reactive ketones (excluding diaryl/α,β-unsaturated/α-hetero) is 1. The Bertz CT molecular complexity index is 715. The highest BCUT2D eigenvalue weighted by molar-refractivity contribution is 5.86. The number of benzene rings is 1. The summed E-state index contributed by atoms with van der Waals surface area (Å²) in [6, 6.07) is 10.1. The maximum Gasteiger partial charge on any atom is 0.138 e. The fourth-order valence-electron chi connectivity index (χ4n) is 4.67. The van der Waals surface area contributed by atoms with E-state index in [1.54, 1.807) is 0 Å². The summed E-state index contributed by atoms with van der Waals surface area (Å²) < 4.78 is 0. The average Bonchev–Trinajstić information content (AvgIpc) is 2.47. The molecular weight excluding hydrogens is 280 g/mol. The van der Waals surface area contributed by atoms with Crippen molar-refractivity contribution >= 4 is 5.78 Å². The minimum atomic E-state index is -0.256. The molecule has 2 aliphatic carbocycles. The van der Waals surface area contributed by atoms with Crippen LogP contribution >= 0.6 is 0 Å². The first-order chi connectivity index (χ1) is 10.7. The summed E-state index contributed by atoms with van der Waals surface area (Å²) in [6.07, 6.45) is 2.55. The molecule has 3 rings (SSSR count). The van der Waals surface area contributed by atoms with Crippen LogP contribution in [0.5, 0.6) is 0 Å². The molecule has 0 radical (unpaired) electrons. The number of hydrogen-bond donors (Lipinski definition) is 0. The lowest BCUT2D eigenvalue weighted by molar-refractivity contribution is -0.161. The molecule has 3 atom stereocenters. The average molecular weight is 306 g/mol. The van der Waals surface area contributed by atoms with Crippen LogP contribution in [0, 0.1) is 34.0 Å². The topological polar surface area (TPSA) is 17.1 Å². The van der Waals surface area contributed by atoms with Gasteiger partial charge in [0, 0.05) is 23.3 Å². The molecule has 0 amide bonds. The molecule has 23 heavy (non-hydrogen) atoms. The first kappa shape index (κ1) is 16.1. The van der Waals surface area contributed by atoms with E-state index in [0.717, 1.165) is 24.0 Å². The first-order valence-corrected chi connectivity index (χ1v) is 8.47. The van der Waals surface area contributed by atoms with Crippen LogP contribution in [-0.4, -0.2) is 5.78 Å². The molecule has 1 aromatic carbocycles. The zero-order chi connectivity index (χ0) is 16.9. The van der Waals surface area contributed by atoms with Crippen LogP contribution in [-0.2, 0) is 4.79 Å². The Kier molecular flexibility index (Phi) is 3.56. The number of hydrogen-bond acceptors (Lipinski definition) is 1. The van der Waals surface area contributed by atoms with Crippen molar-refractivity contribution in [1.29, 1.82) is 0 Å². The number of ketones is 1. The summed E-state index contributed by atoms with van der Waals surface area (Å²) in [5.74, 6) is 7.41. The first-order valence-electron chi connectivity index (χ1n) is 8.47. The van der Waals surface area contributed by atoms with Gasteiger partial charge in [-0.15, -0.1) is 0 Å². The molecule has 2 fully saturated rings. The molecular formula is C22H26O. The van der Waals surface area contributed by atoms with E-state index in [0.29, 0.717) is 12.2 Å². The predicted molar refractivity (Wildman–Crippen MR) is 94.8 cm³/mol. The van der Waals surface area contributed by atoms with Crippen LogP contribution in [0.2, 0.25) is 0 Å². The van der Waals surface area contributed by atoms with E-state index in [1.165, 1.54) is 0 Å². The van der Waals surface area contributed by atoms with Gasteiger partial charge in [0.2, 0.25) is 0 Å². The quantitative estimate of drug-likeness (QED) is 0.526. The van der Waals surface area contributed by atoms with Gasteiger partial charge in [0.1, 0.15) is 5.78 Å². The van der Waals surface area contributed by atoms with E-state index in [1.807, 2.05) is 30.3 Å². The van der Waals surface area contributed by atoms with Crippen molar-refractivity contribution in [2.45, 2.75) is 47.0 Å². The molecule has 0 aliphatic heterocycles. The van der Waals surface area contributed by atoms with E-state index >= 15 is 0 Å². The van der Waals surface area contributed by atoms with Crippen molar-refractivity contribution in [1.82, 2.24) is 0 Å². The highest BCUT2D eigenvalue weighted by atomic mass is 16.1. The van der Waals surface area contributed by atoms with Gasteiger partial charge in [-0.25, -0.2) is 0 Å². The second-order valence-corrected chi connectivity index (χ2v) is 8.44. The highest BCUT2D eigenvalue weighted by Crippen LogP contribution is 2.70. The molecule has 120 valence electrons. The maximum atomic E-state index is 12.7. The molecule has 2 saturated carbocycles. The molecule has 0 aromatic heterocycles. The Morgan fingerprint density at radius 2 is 1.87 bits per heavy atom. The molecule has 0 unspecified atom stereocenters. The lowest BCUT2D eigenvalue weighted by Crippen LogP contribution is -2.63. The monoisotopic (exact) mass is 306 g/mol. The van der Waals surface area contributed by atoms with E-state index in [4.69, 9.17) is 0 Å². The SMILES string of the molecule is C=C(C)[C@@]1(C)C[C@H]2C(=O)CC(C)(C)C[C@]21C#Cc1ccccc1. The van der Waals surface area contributed by atoms with Crippen LogP contribution in [0.1, 0.15) is 52.5 Å². The normalized spacial score (nSPS) is 34.6. The zero-order valence-corrected chi connectivity index (χ0v) is 14.7. The van der Waals surface area contributed by atoms with Crippen molar-refractivity contribution in [2.24, 2.45) is 22.2 Å². The summed E-state index contributed by atoms with van der Waals surface area (Å²) in [7, 11) is 0. The lowest BCUT2D eigenvalue weighted by Gasteiger charge is -2.65. The molecule has 1 heteroatoms. The van der Waals surface area contributed by atoms with E-state index < -0.39 is 0 Å². The molecule has 0 bridgehead atoms. The van der Waals surface area contributed by atoms with Gasteiger partial charge in [0.15, 0.2) is 0 Å². The molecule has 0 heterocycles. The molecule has 0 saturated heterocycles. The number of carbonyl (C=O) groups is 1. The Balaban J connectivity index is 2.09. The largest absolute Gasteiger partial charge is 0.299 e. The Morgan fingerprint density at radius 1 is 1.22 bits per heavy atom. The second kappa shape index (κ2) is 5.10. The van der Waals surface area contributed by atoms with Crippen LogP contribution in [0.4, 0.5) is 0 Å². The maximum absolute atomic E-state index is 12.7. The van der Waals surface area contributed by atoms with Gasteiger partial charge in [-0.05, 0) is 37.3 Å². The van der Waals surface area contributed by atoms with Gasteiger partial charge in [0.05, 0.1) is 5.41 Å². The highest BCUT2D eigenvalue weighted by Gasteiger charge is 2.68.